The van der Waals surface area contributed by atoms with E-state index >= 15 is 0 Å². The van der Waals surface area contributed by atoms with Gasteiger partial charge in [-0.2, -0.15) is 0 Å². The van der Waals surface area contributed by atoms with Gasteiger partial charge in [-0.25, -0.2) is 4.98 Å². The van der Waals surface area contributed by atoms with Crippen LogP contribution in [-0.4, -0.2) is 28.5 Å². The molecule has 4 aromatic rings. The number of hydrogen-bond donors (Lipinski definition) is 1. The molecule has 1 N–H and O–H groups in total. The summed E-state index contributed by atoms with van der Waals surface area (Å²) in [5.41, 5.74) is 3.96. The van der Waals surface area contributed by atoms with E-state index in [0.717, 1.165) is 40.0 Å². The van der Waals surface area contributed by atoms with Crippen LogP contribution < -0.4 is 10.9 Å². The molecule has 0 atom stereocenters. The van der Waals surface area contributed by atoms with Crippen molar-refractivity contribution >= 4 is 28.4 Å². The van der Waals surface area contributed by atoms with Crippen molar-refractivity contribution < 1.29 is 13.9 Å². The average Bonchev–Trinajstić information content (AvgIpc) is 3.23. The molecule has 5 rings (SSSR count). The third-order valence-electron chi connectivity index (χ3n) is 6.96. The van der Waals surface area contributed by atoms with Gasteiger partial charge in [0.15, 0.2) is 0 Å². The molecule has 0 aliphatic carbocycles. The Morgan fingerprint density at radius 1 is 1.14 bits per heavy atom. The van der Waals surface area contributed by atoms with Crippen molar-refractivity contribution in [3.05, 3.63) is 87.5 Å². The summed E-state index contributed by atoms with van der Waals surface area (Å²) in [6.07, 6.45) is 3.88. The van der Waals surface area contributed by atoms with Crippen LogP contribution in [0.15, 0.2) is 63.9 Å². The van der Waals surface area contributed by atoms with E-state index < -0.39 is 0 Å². The smallest absolute Gasteiger partial charge is 0.258 e. The Hall–Kier alpha value is -3.71. The second kappa shape index (κ2) is 10.5. The molecular weight excluding hydrogens is 454 g/mol. The van der Waals surface area contributed by atoms with Crippen molar-refractivity contribution in [3.63, 3.8) is 0 Å². The zero-order valence-electron chi connectivity index (χ0n) is 20.8. The van der Waals surface area contributed by atoms with E-state index in [1.807, 2.05) is 48.5 Å². The lowest BCUT2D eigenvalue weighted by Crippen LogP contribution is -2.31. The van der Waals surface area contributed by atoms with Crippen molar-refractivity contribution in [1.82, 2.24) is 9.55 Å². The van der Waals surface area contributed by atoms with E-state index in [4.69, 9.17) is 9.15 Å². The Morgan fingerprint density at radius 2 is 1.92 bits per heavy atom. The van der Waals surface area contributed by atoms with Gasteiger partial charge in [0.2, 0.25) is 5.95 Å². The first-order chi connectivity index (χ1) is 17.5. The van der Waals surface area contributed by atoms with E-state index in [-0.39, 0.29) is 23.7 Å². The number of nitrogens with zero attached hydrogens (tertiary/aromatic N) is 2. The third-order valence-corrected chi connectivity index (χ3v) is 6.96. The zero-order chi connectivity index (χ0) is 25.1. The quantitative estimate of drug-likeness (QED) is 0.370. The summed E-state index contributed by atoms with van der Waals surface area (Å²) in [7, 11) is 0. The van der Waals surface area contributed by atoms with Crippen LogP contribution in [0.3, 0.4) is 0 Å². The van der Waals surface area contributed by atoms with Crippen molar-refractivity contribution in [2.75, 3.05) is 18.5 Å². The lowest BCUT2D eigenvalue weighted by Gasteiger charge is -2.21. The number of furan rings is 1. The van der Waals surface area contributed by atoms with E-state index in [1.54, 1.807) is 10.8 Å². The molecule has 0 radical (unpaired) electrons. The molecule has 0 spiro atoms. The fraction of sp³-hybridized carbons (Fsp3) is 0.345. The van der Waals surface area contributed by atoms with Crippen LogP contribution in [0.1, 0.15) is 42.2 Å². The number of ether oxygens (including phenoxy) is 1. The van der Waals surface area contributed by atoms with Gasteiger partial charge in [-0.1, -0.05) is 37.3 Å². The van der Waals surface area contributed by atoms with E-state index in [0.29, 0.717) is 44.1 Å². The molecule has 2 aromatic heterocycles. The molecule has 0 bridgehead atoms. The highest BCUT2D eigenvalue weighted by Crippen LogP contribution is 2.29. The average molecular weight is 486 g/mol. The molecule has 0 unspecified atom stereocenters. The molecular formula is C29H31N3O4. The highest BCUT2D eigenvalue weighted by molar-refractivity contribution is 5.86. The third kappa shape index (κ3) is 4.97. The van der Waals surface area contributed by atoms with Gasteiger partial charge in [0.05, 0.1) is 6.54 Å². The fourth-order valence-electron chi connectivity index (χ4n) is 4.83. The normalized spacial score (nSPS) is 14.3. The number of carbonyl (C=O) groups is 1. The number of aryl methyl sites for hydroxylation is 2. The Kier molecular flexibility index (Phi) is 7.00. The minimum Gasteiger partial charge on any atom is -0.461 e. The van der Waals surface area contributed by atoms with Gasteiger partial charge in [-0.3, -0.25) is 14.2 Å². The lowest BCUT2D eigenvalue weighted by atomic mass is 9.92. The van der Waals surface area contributed by atoms with Gasteiger partial charge in [0.1, 0.15) is 17.1 Å². The minimum atomic E-state index is -0.203. The molecule has 7 heteroatoms. The number of benzene rings is 2. The highest BCUT2D eigenvalue weighted by Gasteiger charge is 2.23. The molecule has 1 aliphatic heterocycles. The van der Waals surface area contributed by atoms with Crippen LogP contribution in [0.2, 0.25) is 0 Å². The SMILES string of the molecule is CCc1oc2ccc(Nc3ncc(CC(=O)C4CCOCC4)c(=O)n3Cc3ccccc3)cc2c1C. The molecule has 2 aromatic carbocycles. The number of rotatable bonds is 8. The standard InChI is InChI=1S/C29H31N3O4/c1-3-26-19(2)24-16-23(9-10-27(24)36-26)31-29-30-17-22(15-25(33)21-11-13-35-14-12-21)28(34)32(29)18-20-7-5-4-6-8-20/h4-10,16-17,21H,3,11-15,18H2,1-2H3,(H,30,31). The molecule has 1 fully saturated rings. The van der Waals surface area contributed by atoms with Crippen molar-refractivity contribution in [2.24, 2.45) is 5.92 Å². The molecule has 7 nitrogen and oxygen atoms in total. The Balaban J connectivity index is 1.48. The molecule has 1 saturated heterocycles. The fourth-order valence-corrected chi connectivity index (χ4v) is 4.83. The first-order valence-corrected chi connectivity index (χ1v) is 12.6. The summed E-state index contributed by atoms with van der Waals surface area (Å²) in [4.78, 5) is 31.1. The summed E-state index contributed by atoms with van der Waals surface area (Å²) < 4.78 is 12.9. The number of aromatic nitrogens is 2. The van der Waals surface area contributed by atoms with Gasteiger partial charge in [-0.15, -0.1) is 0 Å². The van der Waals surface area contributed by atoms with Gasteiger partial charge < -0.3 is 14.5 Å². The van der Waals surface area contributed by atoms with Crippen LogP contribution in [0, 0.1) is 12.8 Å². The number of ketones is 1. The largest absolute Gasteiger partial charge is 0.461 e. The summed E-state index contributed by atoms with van der Waals surface area (Å²) in [6, 6.07) is 15.7. The van der Waals surface area contributed by atoms with Crippen LogP contribution in [0.5, 0.6) is 0 Å². The van der Waals surface area contributed by atoms with Gasteiger partial charge in [-0.05, 0) is 49.1 Å². The zero-order valence-corrected chi connectivity index (χ0v) is 20.8. The van der Waals surface area contributed by atoms with Gasteiger partial charge in [0, 0.05) is 54.8 Å². The van der Waals surface area contributed by atoms with Crippen LogP contribution in [0.25, 0.3) is 11.0 Å². The number of hydrogen-bond acceptors (Lipinski definition) is 6. The van der Waals surface area contributed by atoms with Gasteiger partial charge in [0.25, 0.3) is 5.56 Å². The van der Waals surface area contributed by atoms with E-state index in [1.165, 1.54) is 0 Å². The van der Waals surface area contributed by atoms with E-state index in [2.05, 4.69) is 24.1 Å². The summed E-state index contributed by atoms with van der Waals surface area (Å²) in [5.74, 6) is 1.43. The predicted molar refractivity (Wildman–Crippen MR) is 140 cm³/mol. The molecule has 0 amide bonds. The monoisotopic (exact) mass is 485 g/mol. The molecule has 0 saturated carbocycles. The summed E-state index contributed by atoms with van der Waals surface area (Å²) in [5, 5.41) is 4.37. The summed E-state index contributed by atoms with van der Waals surface area (Å²) in [6.45, 7) is 5.67. The van der Waals surface area contributed by atoms with Crippen LogP contribution >= 0.6 is 0 Å². The highest BCUT2D eigenvalue weighted by atomic mass is 16.5. The summed E-state index contributed by atoms with van der Waals surface area (Å²) >= 11 is 0. The number of nitrogens with one attached hydrogen (secondary N) is 1. The van der Waals surface area contributed by atoms with Crippen molar-refractivity contribution in [3.8, 4) is 0 Å². The van der Waals surface area contributed by atoms with Crippen molar-refractivity contribution in [2.45, 2.75) is 46.1 Å². The maximum Gasteiger partial charge on any atom is 0.258 e. The second-order valence-corrected chi connectivity index (χ2v) is 9.35. The maximum atomic E-state index is 13.6. The number of Topliss-reactive ketones (excluding diaryl/α,β-unsaturated/α-hetero) is 1. The first kappa shape index (κ1) is 24.0. The lowest BCUT2D eigenvalue weighted by molar-refractivity contribution is -0.125. The Labute approximate surface area is 210 Å². The number of carbonyl (C=O) groups excluding carboxylic acids is 1. The number of anilines is 2. The minimum absolute atomic E-state index is 0.0588. The predicted octanol–water partition coefficient (Wildman–Crippen LogP) is 5.19. The maximum absolute atomic E-state index is 13.6. The number of fused-ring (bicyclic) bond motifs is 1. The molecule has 186 valence electrons. The van der Waals surface area contributed by atoms with Crippen LogP contribution in [-0.2, 0) is 28.9 Å². The Morgan fingerprint density at radius 3 is 2.67 bits per heavy atom. The second-order valence-electron chi connectivity index (χ2n) is 9.35. The molecule has 3 heterocycles. The van der Waals surface area contributed by atoms with Crippen molar-refractivity contribution in [1.29, 1.82) is 0 Å². The van der Waals surface area contributed by atoms with Crippen LogP contribution in [0.4, 0.5) is 11.6 Å². The molecule has 1 aliphatic rings. The first-order valence-electron chi connectivity index (χ1n) is 12.6. The van der Waals surface area contributed by atoms with E-state index in [9.17, 15) is 9.59 Å². The Bertz CT molecular complexity index is 1430. The van der Waals surface area contributed by atoms with Gasteiger partial charge >= 0.3 is 0 Å². The molecule has 36 heavy (non-hydrogen) atoms. The topological polar surface area (TPSA) is 86.4 Å².